The monoisotopic (exact) mass is 749 g/mol. The van der Waals surface area contributed by atoms with Crippen LogP contribution in [0, 0.1) is 0 Å². The number of allylic oxidation sites excluding steroid dienone is 14. The fourth-order valence-electron chi connectivity index (χ4n) is 4.66. The molecule has 0 amide bonds. The van der Waals surface area contributed by atoms with Crippen molar-refractivity contribution >= 4 is 13.8 Å². The summed E-state index contributed by atoms with van der Waals surface area (Å²) in [5, 5.41) is 0. The molecular weight excluding hydrogens is 673 g/mol. The third-order valence-corrected chi connectivity index (χ3v) is 8.71. The highest BCUT2D eigenvalue weighted by atomic mass is 31.2. The van der Waals surface area contributed by atoms with Crippen LogP contribution >= 0.6 is 7.82 Å². The van der Waals surface area contributed by atoms with Crippen LogP contribution in [0.1, 0.15) is 123 Å². The number of likely N-dealkylation sites (N-methyl/N-ethyl adjacent to an activating group) is 1. The predicted molar refractivity (Wildman–Crippen MR) is 219 cm³/mol. The maximum atomic E-state index is 12.6. The Labute approximate surface area is 318 Å². The third kappa shape index (κ3) is 38.9. The molecule has 0 aromatic rings. The van der Waals surface area contributed by atoms with Gasteiger partial charge in [-0.25, -0.2) is 4.57 Å². The highest BCUT2D eigenvalue weighted by Gasteiger charge is 2.26. The van der Waals surface area contributed by atoms with Crippen LogP contribution in [0.15, 0.2) is 85.1 Å². The van der Waals surface area contributed by atoms with Crippen LogP contribution < -0.4 is 0 Å². The number of esters is 1. The summed E-state index contributed by atoms with van der Waals surface area (Å²) in [4.78, 5) is 22.7. The smallest absolute Gasteiger partial charge is 0.457 e. The number of hydrogen-bond acceptors (Lipinski definition) is 6. The number of quaternary nitrogens is 1. The summed E-state index contributed by atoms with van der Waals surface area (Å²) in [6.45, 7) is 5.35. The Morgan fingerprint density at radius 3 is 1.60 bits per heavy atom. The van der Waals surface area contributed by atoms with Crippen molar-refractivity contribution in [2.75, 3.05) is 54.1 Å². The van der Waals surface area contributed by atoms with Gasteiger partial charge in [-0.15, -0.1) is 0 Å². The zero-order valence-corrected chi connectivity index (χ0v) is 34.4. The van der Waals surface area contributed by atoms with Gasteiger partial charge in [-0.2, -0.15) is 0 Å². The SMILES string of the molecule is CC/C=C\C/C=C\C/C=C\C/C=C\C/C=C\C/C=C\C/C=C\CCCC(=O)OC(COCCCCCCCCC)COP(=O)(O)OCC[N+](C)(C)C. The maximum Gasteiger partial charge on any atom is 0.472 e. The molecule has 0 aromatic heterocycles. The molecule has 0 spiro atoms. The molecule has 52 heavy (non-hydrogen) atoms. The molecule has 0 saturated carbocycles. The first-order valence-electron chi connectivity index (χ1n) is 19.8. The van der Waals surface area contributed by atoms with E-state index in [1.807, 2.05) is 21.1 Å². The molecule has 0 rings (SSSR count). The Hall–Kier alpha value is -2.32. The summed E-state index contributed by atoms with van der Waals surface area (Å²) in [5.41, 5.74) is 0. The number of nitrogens with zero attached hydrogens (tertiary/aromatic N) is 1. The van der Waals surface area contributed by atoms with E-state index in [0.717, 1.165) is 64.2 Å². The normalized spacial score (nSPS) is 14.8. The van der Waals surface area contributed by atoms with Gasteiger partial charge in [-0.05, 0) is 64.2 Å². The lowest BCUT2D eigenvalue weighted by Crippen LogP contribution is -2.37. The minimum atomic E-state index is -4.28. The van der Waals surface area contributed by atoms with Crippen molar-refractivity contribution < 1.29 is 37.3 Å². The van der Waals surface area contributed by atoms with Crippen LogP contribution in [-0.2, 0) is 27.9 Å². The van der Waals surface area contributed by atoms with Crippen LogP contribution in [0.3, 0.4) is 0 Å². The lowest BCUT2D eigenvalue weighted by Gasteiger charge is -2.24. The molecule has 0 saturated heterocycles. The first-order valence-corrected chi connectivity index (χ1v) is 21.3. The molecule has 298 valence electrons. The molecule has 0 bridgehead atoms. The van der Waals surface area contributed by atoms with Crippen molar-refractivity contribution in [2.45, 2.75) is 129 Å². The lowest BCUT2D eigenvalue weighted by molar-refractivity contribution is -0.870. The second-order valence-electron chi connectivity index (χ2n) is 13.9. The Morgan fingerprint density at radius 1 is 0.615 bits per heavy atom. The highest BCUT2D eigenvalue weighted by molar-refractivity contribution is 7.47. The molecule has 8 nitrogen and oxygen atoms in total. The number of phosphoric acid groups is 1. The van der Waals surface area contributed by atoms with Crippen molar-refractivity contribution in [3.63, 3.8) is 0 Å². The fourth-order valence-corrected chi connectivity index (χ4v) is 5.40. The van der Waals surface area contributed by atoms with Gasteiger partial charge in [0.1, 0.15) is 19.3 Å². The van der Waals surface area contributed by atoms with Crippen LogP contribution in [0.25, 0.3) is 0 Å². The van der Waals surface area contributed by atoms with E-state index in [-0.39, 0.29) is 32.2 Å². The molecule has 2 unspecified atom stereocenters. The van der Waals surface area contributed by atoms with Crippen LogP contribution in [0.2, 0.25) is 0 Å². The zero-order valence-electron chi connectivity index (χ0n) is 33.5. The summed E-state index contributed by atoms with van der Waals surface area (Å²) < 4.78 is 34.6. The van der Waals surface area contributed by atoms with E-state index in [0.29, 0.717) is 24.1 Å². The second kappa shape index (κ2) is 35.7. The third-order valence-electron chi connectivity index (χ3n) is 7.72. The topological polar surface area (TPSA) is 91.3 Å². The van der Waals surface area contributed by atoms with E-state index < -0.39 is 13.9 Å². The second-order valence-corrected chi connectivity index (χ2v) is 15.4. The number of unbranched alkanes of at least 4 members (excludes halogenated alkanes) is 7. The Kier molecular flexibility index (Phi) is 34.1. The van der Waals surface area contributed by atoms with E-state index in [1.165, 1.54) is 32.1 Å². The van der Waals surface area contributed by atoms with Crippen LogP contribution in [0.5, 0.6) is 0 Å². The molecular formula is C43H75NO7P+. The minimum Gasteiger partial charge on any atom is -0.457 e. The van der Waals surface area contributed by atoms with E-state index in [9.17, 15) is 14.3 Å². The number of phosphoric ester groups is 1. The maximum absolute atomic E-state index is 12.6. The Morgan fingerprint density at radius 2 is 1.10 bits per heavy atom. The molecule has 0 aliphatic heterocycles. The summed E-state index contributed by atoms with van der Waals surface area (Å²) in [6.07, 6.45) is 46.4. The average molecular weight is 749 g/mol. The largest absolute Gasteiger partial charge is 0.472 e. The van der Waals surface area contributed by atoms with E-state index in [4.69, 9.17) is 18.5 Å². The Bertz CT molecular complexity index is 1100. The zero-order chi connectivity index (χ0) is 38.4. The van der Waals surface area contributed by atoms with Crippen molar-refractivity contribution in [1.82, 2.24) is 0 Å². The van der Waals surface area contributed by atoms with Crippen molar-refractivity contribution in [3.05, 3.63) is 85.1 Å². The molecule has 2 atom stereocenters. The number of hydrogen-bond donors (Lipinski definition) is 1. The summed E-state index contributed by atoms with van der Waals surface area (Å²) in [6, 6.07) is 0. The molecule has 0 aliphatic carbocycles. The van der Waals surface area contributed by atoms with Crippen molar-refractivity contribution in [1.29, 1.82) is 0 Å². The van der Waals surface area contributed by atoms with Gasteiger partial charge in [-0.1, -0.05) is 137 Å². The highest BCUT2D eigenvalue weighted by Crippen LogP contribution is 2.43. The number of carbonyl (C=O) groups is 1. The van der Waals surface area contributed by atoms with Gasteiger partial charge in [0.15, 0.2) is 0 Å². The first kappa shape index (κ1) is 49.7. The summed E-state index contributed by atoms with van der Waals surface area (Å²) in [5.74, 6) is -0.378. The van der Waals surface area contributed by atoms with Gasteiger partial charge >= 0.3 is 13.8 Å². The van der Waals surface area contributed by atoms with E-state index >= 15 is 0 Å². The van der Waals surface area contributed by atoms with E-state index in [2.05, 4.69) is 98.9 Å². The molecule has 0 radical (unpaired) electrons. The fraction of sp³-hybridized carbons (Fsp3) is 0.651. The van der Waals surface area contributed by atoms with Gasteiger partial charge < -0.3 is 18.9 Å². The molecule has 0 fully saturated rings. The Balaban J connectivity index is 4.32. The molecule has 0 aromatic carbocycles. The van der Waals surface area contributed by atoms with Gasteiger partial charge in [0, 0.05) is 13.0 Å². The summed E-state index contributed by atoms with van der Waals surface area (Å²) >= 11 is 0. The van der Waals surface area contributed by atoms with Gasteiger partial charge in [0.05, 0.1) is 34.4 Å². The minimum absolute atomic E-state index is 0.0735. The summed E-state index contributed by atoms with van der Waals surface area (Å²) in [7, 11) is 1.61. The number of carbonyl (C=O) groups excluding carboxylic acids is 1. The quantitative estimate of drug-likeness (QED) is 0.0227. The van der Waals surface area contributed by atoms with Crippen LogP contribution in [0.4, 0.5) is 0 Å². The standard InChI is InChI=1S/C43H74NO7P/c1-6-8-10-12-14-15-16-17-18-19-20-21-22-23-24-25-26-27-28-29-30-32-34-36-43(45)51-42(40-48-38-35-33-31-13-11-9-7-2)41-50-52(46,47)49-39-37-44(3,4)5/h8,10,14-15,17-18,20-21,23-24,26-27,29-30,42H,6-7,9,11-13,16,19,22,25,28,31-41H2,1-5H3/p+1/b10-8-,15-14-,18-17-,21-20-,24-23-,27-26-,30-29-. The number of rotatable bonds is 35. The van der Waals surface area contributed by atoms with Gasteiger partial charge in [0.2, 0.25) is 0 Å². The predicted octanol–water partition coefficient (Wildman–Crippen LogP) is 11.3. The van der Waals surface area contributed by atoms with Crippen molar-refractivity contribution in [3.8, 4) is 0 Å². The lowest BCUT2D eigenvalue weighted by atomic mass is 10.1. The molecule has 9 heteroatoms. The van der Waals surface area contributed by atoms with Crippen molar-refractivity contribution in [2.24, 2.45) is 0 Å². The molecule has 1 N–H and O–H groups in total. The first-order chi connectivity index (χ1) is 25.1. The molecule has 0 heterocycles. The van der Waals surface area contributed by atoms with Gasteiger partial charge in [-0.3, -0.25) is 13.8 Å². The van der Waals surface area contributed by atoms with E-state index in [1.54, 1.807) is 0 Å². The number of ether oxygens (including phenoxy) is 2. The van der Waals surface area contributed by atoms with Crippen LogP contribution in [-0.4, -0.2) is 75.6 Å². The molecule has 0 aliphatic rings. The average Bonchev–Trinajstić information content (AvgIpc) is 3.09. The van der Waals surface area contributed by atoms with Gasteiger partial charge in [0.25, 0.3) is 0 Å².